The number of hydrogen-bond acceptors (Lipinski definition) is 3. The minimum atomic E-state index is -4.80. The van der Waals surface area contributed by atoms with Crippen molar-refractivity contribution >= 4 is 5.91 Å². The lowest BCUT2D eigenvalue weighted by atomic mass is 9.86. The minimum absolute atomic E-state index is 0.193. The van der Waals surface area contributed by atoms with Gasteiger partial charge in [-0.25, -0.2) is 0 Å². The van der Waals surface area contributed by atoms with Crippen molar-refractivity contribution in [1.29, 1.82) is 0 Å². The van der Waals surface area contributed by atoms with E-state index in [0.29, 0.717) is 31.8 Å². The monoisotopic (exact) mass is 462 g/mol. The van der Waals surface area contributed by atoms with Crippen molar-refractivity contribution in [3.05, 3.63) is 65.5 Å². The number of hydrogen-bond donors (Lipinski definition) is 2. The van der Waals surface area contributed by atoms with Gasteiger partial charge in [0.25, 0.3) is 0 Å². The van der Waals surface area contributed by atoms with E-state index < -0.39 is 53.2 Å². The summed E-state index contributed by atoms with van der Waals surface area (Å²) in [7, 11) is 0. The van der Waals surface area contributed by atoms with Crippen molar-refractivity contribution in [2.24, 2.45) is 5.92 Å². The molecular weight excluding hydrogens is 438 g/mol. The van der Waals surface area contributed by atoms with Crippen molar-refractivity contribution < 1.29 is 36.2 Å². The molecule has 1 fully saturated rings. The van der Waals surface area contributed by atoms with Crippen LogP contribution in [0.3, 0.4) is 0 Å². The highest BCUT2D eigenvalue weighted by atomic mass is 19.4. The highest BCUT2D eigenvalue weighted by Crippen LogP contribution is 2.36. The number of nitrogens with one attached hydrogen (secondary N) is 1. The number of carbonyl (C=O) groups excluding carboxylic acids is 1. The van der Waals surface area contributed by atoms with Crippen molar-refractivity contribution in [2.75, 3.05) is 0 Å². The molecule has 0 spiro atoms. The Morgan fingerprint density at radius 3 is 2.34 bits per heavy atom. The Bertz CT molecular complexity index is 881. The standard InChI is InChI=1S/C22H24F6N2O2/c1-3-15(21(23,24)25)9-6-13(2)18(19-17(22(26,27)28)5-4-12-29-19)30-20(32)14-7-10-16(31)11-8-14/h3-6,9,12,14,16,18,31H,2,7-8,10-11H2,1H3,(H,30,32)/b9-6-,15-3+/t14?,16?,18-/m0/s1. The second-order valence-electron chi connectivity index (χ2n) is 7.53. The van der Waals surface area contributed by atoms with Gasteiger partial charge in [-0.05, 0) is 50.3 Å². The van der Waals surface area contributed by atoms with Gasteiger partial charge < -0.3 is 10.4 Å². The third kappa shape index (κ3) is 6.69. The van der Waals surface area contributed by atoms with Crippen LogP contribution in [0.25, 0.3) is 0 Å². The maximum atomic E-state index is 13.5. The molecule has 2 N–H and O–H groups in total. The van der Waals surface area contributed by atoms with Crippen LogP contribution < -0.4 is 5.32 Å². The van der Waals surface area contributed by atoms with Gasteiger partial charge in [0.1, 0.15) is 0 Å². The molecule has 0 unspecified atom stereocenters. The van der Waals surface area contributed by atoms with E-state index in [1.54, 1.807) is 0 Å². The van der Waals surface area contributed by atoms with Gasteiger partial charge in [0.15, 0.2) is 0 Å². The zero-order valence-electron chi connectivity index (χ0n) is 17.3. The predicted molar refractivity (Wildman–Crippen MR) is 106 cm³/mol. The Morgan fingerprint density at radius 1 is 1.19 bits per heavy atom. The Morgan fingerprint density at radius 2 is 1.81 bits per heavy atom. The van der Waals surface area contributed by atoms with Gasteiger partial charge in [-0.15, -0.1) is 0 Å². The normalized spacial score (nSPS) is 21.4. The largest absolute Gasteiger partial charge is 0.418 e. The van der Waals surface area contributed by atoms with Crippen LogP contribution in [0.1, 0.15) is 49.9 Å². The second kappa shape index (κ2) is 10.3. The van der Waals surface area contributed by atoms with Crippen LogP contribution in [-0.4, -0.2) is 28.3 Å². The number of amides is 1. The molecule has 0 bridgehead atoms. The summed E-state index contributed by atoms with van der Waals surface area (Å²) in [5, 5.41) is 12.1. The lowest BCUT2D eigenvalue weighted by Crippen LogP contribution is -2.38. The second-order valence-corrected chi connectivity index (χ2v) is 7.53. The van der Waals surface area contributed by atoms with Crippen molar-refractivity contribution in [1.82, 2.24) is 10.3 Å². The van der Waals surface area contributed by atoms with Gasteiger partial charge in [-0.2, -0.15) is 26.3 Å². The van der Waals surface area contributed by atoms with Crippen LogP contribution in [0.2, 0.25) is 0 Å². The molecule has 176 valence electrons. The molecule has 32 heavy (non-hydrogen) atoms. The van der Waals surface area contributed by atoms with Gasteiger partial charge in [-0.1, -0.05) is 24.8 Å². The molecule has 1 aliphatic carbocycles. The van der Waals surface area contributed by atoms with E-state index in [4.69, 9.17) is 0 Å². The number of carbonyl (C=O) groups is 1. The molecule has 2 rings (SSSR count). The van der Waals surface area contributed by atoms with Crippen LogP contribution in [0.15, 0.2) is 54.3 Å². The summed E-state index contributed by atoms with van der Waals surface area (Å²) in [6.45, 7) is 4.78. The number of allylic oxidation sites excluding steroid dienone is 3. The third-order valence-electron chi connectivity index (χ3n) is 5.26. The molecule has 1 heterocycles. The molecule has 0 aromatic carbocycles. The fourth-order valence-corrected chi connectivity index (χ4v) is 3.47. The van der Waals surface area contributed by atoms with E-state index in [9.17, 15) is 36.2 Å². The third-order valence-corrected chi connectivity index (χ3v) is 5.26. The summed E-state index contributed by atoms with van der Waals surface area (Å²) in [4.78, 5) is 16.5. The minimum Gasteiger partial charge on any atom is -0.393 e. The SMILES string of the molecule is C=C(/C=C\C(=C/C)C(F)(F)F)[C@H](NC(=O)C1CCC(O)CC1)c1ncccc1C(F)(F)F. The zero-order valence-corrected chi connectivity index (χ0v) is 17.3. The molecule has 0 radical (unpaired) electrons. The summed E-state index contributed by atoms with van der Waals surface area (Å²) in [5.74, 6) is -1.12. The molecule has 1 aliphatic rings. The quantitative estimate of drug-likeness (QED) is 0.438. The summed E-state index contributed by atoms with van der Waals surface area (Å²) < 4.78 is 79.6. The van der Waals surface area contributed by atoms with Crippen LogP contribution in [-0.2, 0) is 11.0 Å². The zero-order chi connectivity index (χ0) is 24.1. The lowest BCUT2D eigenvalue weighted by molar-refractivity contribution is -0.139. The molecular formula is C22H24F6N2O2. The first-order valence-corrected chi connectivity index (χ1v) is 9.95. The Labute approximate surface area is 181 Å². The molecule has 0 saturated heterocycles. The van der Waals surface area contributed by atoms with Crippen molar-refractivity contribution in [2.45, 2.75) is 57.1 Å². The van der Waals surface area contributed by atoms with Crippen LogP contribution in [0.4, 0.5) is 26.3 Å². The number of alkyl halides is 6. The van der Waals surface area contributed by atoms with Gasteiger partial charge in [0.2, 0.25) is 5.91 Å². The molecule has 1 aromatic rings. The molecule has 1 aromatic heterocycles. The first kappa shape index (κ1) is 25.6. The van der Waals surface area contributed by atoms with E-state index in [0.717, 1.165) is 30.5 Å². The van der Waals surface area contributed by atoms with Crippen LogP contribution in [0.5, 0.6) is 0 Å². The summed E-state index contributed by atoms with van der Waals surface area (Å²) in [5.41, 5.74) is -2.89. The highest BCUT2D eigenvalue weighted by Gasteiger charge is 2.38. The topological polar surface area (TPSA) is 62.2 Å². The number of aromatic nitrogens is 1. The number of nitrogens with zero attached hydrogens (tertiary/aromatic N) is 1. The summed E-state index contributed by atoms with van der Waals surface area (Å²) in [6, 6.07) is 0.367. The molecule has 1 saturated carbocycles. The first-order valence-electron chi connectivity index (χ1n) is 9.95. The summed E-state index contributed by atoms with van der Waals surface area (Å²) in [6.07, 6.45) is -5.04. The van der Waals surface area contributed by atoms with Crippen molar-refractivity contribution in [3.8, 4) is 0 Å². The van der Waals surface area contributed by atoms with Crippen molar-refractivity contribution in [3.63, 3.8) is 0 Å². The van der Waals surface area contributed by atoms with Gasteiger partial charge in [-0.3, -0.25) is 9.78 Å². The van der Waals surface area contributed by atoms with E-state index in [1.807, 2.05) is 0 Å². The molecule has 1 atom stereocenters. The number of pyridine rings is 1. The van der Waals surface area contributed by atoms with Gasteiger partial charge in [0.05, 0.1) is 29.0 Å². The fourth-order valence-electron chi connectivity index (χ4n) is 3.47. The van der Waals surface area contributed by atoms with Crippen LogP contribution in [0, 0.1) is 5.92 Å². The Hall–Kier alpha value is -2.62. The van der Waals surface area contributed by atoms with E-state index in [1.165, 1.54) is 6.92 Å². The predicted octanol–water partition coefficient (Wildman–Crippen LogP) is 5.43. The number of aliphatic hydroxyl groups excluding tert-OH is 1. The number of halogens is 6. The maximum absolute atomic E-state index is 13.5. The first-order chi connectivity index (χ1) is 14.8. The average molecular weight is 462 g/mol. The summed E-state index contributed by atoms with van der Waals surface area (Å²) >= 11 is 0. The highest BCUT2D eigenvalue weighted by molar-refractivity contribution is 5.79. The maximum Gasteiger partial charge on any atom is 0.418 e. The van der Waals surface area contributed by atoms with E-state index >= 15 is 0 Å². The van der Waals surface area contributed by atoms with Crippen LogP contribution >= 0.6 is 0 Å². The van der Waals surface area contributed by atoms with E-state index in [-0.39, 0.29) is 5.57 Å². The molecule has 1 amide bonds. The Kier molecular flexibility index (Phi) is 8.28. The Balaban J connectivity index is 2.40. The van der Waals surface area contributed by atoms with Gasteiger partial charge in [0, 0.05) is 12.1 Å². The number of rotatable bonds is 6. The molecule has 10 heteroatoms. The molecule has 4 nitrogen and oxygen atoms in total. The van der Waals surface area contributed by atoms with E-state index in [2.05, 4.69) is 16.9 Å². The number of aliphatic hydroxyl groups is 1. The smallest absolute Gasteiger partial charge is 0.393 e. The lowest BCUT2D eigenvalue weighted by Gasteiger charge is -2.28. The van der Waals surface area contributed by atoms with Gasteiger partial charge >= 0.3 is 12.4 Å². The fraction of sp³-hybridized carbons (Fsp3) is 0.455. The average Bonchev–Trinajstić information content (AvgIpc) is 2.71. The molecule has 0 aliphatic heterocycles.